The Labute approximate surface area is 128 Å². The van der Waals surface area contributed by atoms with Gasteiger partial charge in [0.1, 0.15) is 5.75 Å². The van der Waals surface area contributed by atoms with Crippen molar-refractivity contribution >= 4 is 0 Å². The van der Waals surface area contributed by atoms with E-state index in [1.54, 1.807) is 0 Å². The Morgan fingerprint density at radius 3 is 2.71 bits per heavy atom. The van der Waals surface area contributed by atoms with Crippen LogP contribution in [0.25, 0.3) is 0 Å². The molecule has 0 aromatic heterocycles. The molecule has 3 rings (SSSR count). The number of nitrogens with one attached hydrogen (secondary N) is 1. The molecule has 2 unspecified atom stereocenters. The molecule has 116 valence electrons. The van der Waals surface area contributed by atoms with Gasteiger partial charge >= 0.3 is 0 Å². The molecule has 21 heavy (non-hydrogen) atoms. The topological polar surface area (TPSA) is 35.5 Å². The molecule has 0 saturated carbocycles. The van der Waals surface area contributed by atoms with Crippen LogP contribution in [0.1, 0.15) is 61.3 Å². The average Bonchev–Trinajstić information content (AvgIpc) is 2.82. The second kappa shape index (κ2) is 6.37. The number of phenolic OH excluding ortho intramolecular Hbond substituents is 1. The standard InChI is InChI=1S/C18H28N2O/c1-13-6-7-16(21)18-15(12-14(2)17(13)18)19-8-11-20-9-4-3-5-10-20/h6-7,14-15,19,21H,3-5,8-12H2,1-2H3. The summed E-state index contributed by atoms with van der Waals surface area (Å²) < 4.78 is 0. The van der Waals surface area contributed by atoms with Crippen molar-refractivity contribution in [2.45, 2.75) is 51.5 Å². The van der Waals surface area contributed by atoms with Crippen molar-refractivity contribution in [2.75, 3.05) is 26.2 Å². The van der Waals surface area contributed by atoms with Crippen LogP contribution in [0, 0.1) is 6.92 Å². The maximum atomic E-state index is 10.2. The Morgan fingerprint density at radius 2 is 1.95 bits per heavy atom. The number of hydrogen-bond acceptors (Lipinski definition) is 3. The third kappa shape index (κ3) is 3.09. The molecule has 1 aliphatic heterocycles. The van der Waals surface area contributed by atoms with Crippen LogP contribution in [-0.4, -0.2) is 36.2 Å². The molecule has 0 radical (unpaired) electrons. The molecule has 1 aliphatic carbocycles. The van der Waals surface area contributed by atoms with Crippen LogP contribution in [0.4, 0.5) is 0 Å². The van der Waals surface area contributed by atoms with Gasteiger partial charge < -0.3 is 15.3 Å². The van der Waals surface area contributed by atoms with E-state index in [2.05, 4.69) is 24.1 Å². The van der Waals surface area contributed by atoms with Gasteiger partial charge in [0.25, 0.3) is 0 Å². The van der Waals surface area contributed by atoms with Crippen LogP contribution in [0.5, 0.6) is 5.75 Å². The van der Waals surface area contributed by atoms with E-state index in [1.165, 1.54) is 43.5 Å². The summed E-state index contributed by atoms with van der Waals surface area (Å²) in [5.41, 5.74) is 3.84. The first-order chi connectivity index (χ1) is 10.2. The van der Waals surface area contributed by atoms with E-state index < -0.39 is 0 Å². The summed E-state index contributed by atoms with van der Waals surface area (Å²) in [7, 11) is 0. The first-order valence-electron chi connectivity index (χ1n) is 8.45. The van der Waals surface area contributed by atoms with Gasteiger partial charge in [-0.3, -0.25) is 0 Å². The number of hydrogen-bond donors (Lipinski definition) is 2. The van der Waals surface area contributed by atoms with Crippen LogP contribution in [0.15, 0.2) is 12.1 Å². The van der Waals surface area contributed by atoms with Crippen LogP contribution >= 0.6 is 0 Å². The average molecular weight is 288 g/mol. The van der Waals surface area contributed by atoms with Crippen molar-refractivity contribution < 1.29 is 5.11 Å². The highest BCUT2D eigenvalue weighted by atomic mass is 16.3. The van der Waals surface area contributed by atoms with E-state index in [4.69, 9.17) is 0 Å². The molecule has 2 aliphatic rings. The first kappa shape index (κ1) is 14.9. The summed E-state index contributed by atoms with van der Waals surface area (Å²) >= 11 is 0. The molecule has 1 aromatic carbocycles. The summed E-state index contributed by atoms with van der Waals surface area (Å²) in [5, 5.41) is 13.9. The highest BCUT2D eigenvalue weighted by molar-refractivity contribution is 5.50. The summed E-state index contributed by atoms with van der Waals surface area (Å²) in [4.78, 5) is 2.56. The number of phenols is 1. The lowest BCUT2D eigenvalue weighted by atomic mass is 9.97. The molecule has 1 saturated heterocycles. The normalized spacial score (nSPS) is 26.0. The number of aryl methyl sites for hydroxylation is 1. The Hall–Kier alpha value is -1.06. The molecule has 3 nitrogen and oxygen atoms in total. The molecule has 0 spiro atoms. The van der Waals surface area contributed by atoms with Gasteiger partial charge in [0, 0.05) is 24.7 Å². The number of nitrogens with zero attached hydrogens (tertiary/aromatic N) is 1. The lowest BCUT2D eigenvalue weighted by molar-refractivity contribution is 0.226. The fraction of sp³-hybridized carbons (Fsp3) is 0.667. The zero-order valence-corrected chi connectivity index (χ0v) is 13.4. The van der Waals surface area contributed by atoms with Crippen molar-refractivity contribution in [3.63, 3.8) is 0 Å². The second-order valence-corrected chi connectivity index (χ2v) is 6.77. The van der Waals surface area contributed by atoms with Crippen LogP contribution < -0.4 is 5.32 Å². The summed E-state index contributed by atoms with van der Waals surface area (Å²) in [6, 6.07) is 4.21. The molecular formula is C18H28N2O. The van der Waals surface area contributed by atoms with Crippen molar-refractivity contribution in [1.82, 2.24) is 10.2 Å². The van der Waals surface area contributed by atoms with E-state index >= 15 is 0 Å². The van der Waals surface area contributed by atoms with E-state index in [1.807, 2.05) is 12.1 Å². The minimum Gasteiger partial charge on any atom is -0.508 e. The quantitative estimate of drug-likeness (QED) is 0.892. The van der Waals surface area contributed by atoms with E-state index in [0.29, 0.717) is 17.7 Å². The number of aromatic hydroxyl groups is 1. The number of benzene rings is 1. The van der Waals surface area contributed by atoms with E-state index in [9.17, 15) is 5.11 Å². The minimum absolute atomic E-state index is 0.319. The molecule has 2 N–H and O–H groups in total. The van der Waals surface area contributed by atoms with Crippen LogP contribution in [0.3, 0.4) is 0 Å². The Balaban J connectivity index is 1.62. The van der Waals surface area contributed by atoms with Crippen molar-refractivity contribution in [2.24, 2.45) is 0 Å². The smallest absolute Gasteiger partial charge is 0.120 e. The number of piperidine rings is 1. The molecular weight excluding hydrogens is 260 g/mol. The van der Waals surface area contributed by atoms with Gasteiger partial charge in [0.05, 0.1) is 0 Å². The monoisotopic (exact) mass is 288 g/mol. The molecule has 0 amide bonds. The SMILES string of the molecule is Cc1ccc(O)c2c1C(C)CC2NCCN1CCCCC1. The Morgan fingerprint density at radius 1 is 1.19 bits per heavy atom. The minimum atomic E-state index is 0.319. The maximum Gasteiger partial charge on any atom is 0.120 e. The third-order valence-corrected chi connectivity index (χ3v) is 5.18. The number of fused-ring (bicyclic) bond motifs is 1. The third-order valence-electron chi connectivity index (χ3n) is 5.18. The number of likely N-dealkylation sites (tertiary alicyclic amines) is 1. The van der Waals surface area contributed by atoms with Crippen molar-refractivity contribution in [3.05, 3.63) is 28.8 Å². The molecule has 1 heterocycles. The van der Waals surface area contributed by atoms with Gasteiger partial charge in [0.15, 0.2) is 0 Å². The largest absolute Gasteiger partial charge is 0.508 e. The van der Waals surface area contributed by atoms with Gasteiger partial charge in [-0.1, -0.05) is 19.4 Å². The zero-order valence-electron chi connectivity index (χ0n) is 13.4. The van der Waals surface area contributed by atoms with Gasteiger partial charge in [-0.25, -0.2) is 0 Å². The Kier molecular flexibility index (Phi) is 4.51. The van der Waals surface area contributed by atoms with Gasteiger partial charge in [0.2, 0.25) is 0 Å². The lowest BCUT2D eigenvalue weighted by Gasteiger charge is -2.27. The van der Waals surface area contributed by atoms with E-state index in [-0.39, 0.29) is 0 Å². The van der Waals surface area contributed by atoms with Crippen molar-refractivity contribution in [3.8, 4) is 5.75 Å². The van der Waals surface area contributed by atoms with Gasteiger partial charge in [-0.2, -0.15) is 0 Å². The fourth-order valence-electron chi connectivity index (χ4n) is 4.11. The maximum absolute atomic E-state index is 10.2. The predicted octanol–water partition coefficient (Wildman–Crippen LogP) is 3.32. The molecule has 1 aromatic rings. The number of rotatable bonds is 4. The summed E-state index contributed by atoms with van der Waals surface area (Å²) in [6.45, 7) is 9.09. The molecule has 0 bridgehead atoms. The predicted molar refractivity (Wildman–Crippen MR) is 86.9 cm³/mol. The van der Waals surface area contributed by atoms with Crippen molar-refractivity contribution in [1.29, 1.82) is 0 Å². The summed E-state index contributed by atoms with van der Waals surface area (Å²) in [5.74, 6) is 1.01. The van der Waals surface area contributed by atoms with E-state index in [0.717, 1.165) is 25.1 Å². The second-order valence-electron chi connectivity index (χ2n) is 6.77. The molecule has 3 heteroatoms. The Bertz CT molecular complexity index is 494. The highest BCUT2D eigenvalue weighted by Gasteiger charge is 2.31. The zero-order chi connectivity index (χ0) is 14.8. The van der Waals surface area contributed by atoms with Crippen LogP contribution in [0.2, 0.25) is 0 Å². The highest BCUT2D eigenvalue weighted by Crippen LogP contribution is 2.45. The van der Waals surface area contributed by atoms with Gasteiger partial charge in [-0.15, -0.1) is 0 Å². The summed E-state index contributed by atoms with van der Waals surface area (Å²) in [6.07, 6.45) is 5.20. The van der Waals surface area contributed by atoms with Gasteiger partial charge in [-0.05, 0) is 62.4 Å². The first-order valence-corrected chi connectivity index (χ1v) is 8.45. The fourth-order valence-corrected chi connectivity index (χ4v) is 4.11. The van der Waals surface area contributed by atoms with Crippen LogP contribution in [-0.2, 0) is 0 Å². The molecule has 2 atom stereocenters. The molecule has 1 fully saturated rings. The lowest BCUT2D eigenvalue weighted by Crippen LogP contribution is -2.36.